The standard InChI is InChI=1S/C25H24F3N3O4/c1-24-11-30-10-13(22(34)29-9-12-4-5-14(26)18(28)17(12)27)20(32)21(33)19(30)23(35)31(24)16-3-2-7-25(16)8-6-15(24)25/h4-5,10,15-16,33H,2-3,6-9,11H2,1H3,(H,29,34)/t15-,16-,24-,25?/m0/s1. The third kappa shape index (κ3) is 2.70. The Morgan fingerprint density at radius 3 is 2.66 bits per heavy atom. The third-order valence-electron chi connectivity index (χ3n) is 8.96. The average Bonchev–Trinajstić information content (AvgIpc) is 3.29. The minimum atomic E-state index is -1.66. The first-order chi connectivity index (χ1) is 16.6. The van der Waals surface area contributed by atoms with Gasteiger partial charge in [-0.05, 0) is 50.0 Å². The fourth-order valence-corrected chi connectivity index (χ4v) is 7.43. The van der Waals surface area contributed by atoms with E-state index in [0.717, 1.165) is 44.2 Å². The van der Waals surface area contributed by atoms with Gasteiger partial charge in [0.1, 0.15) is 5.56 Å². The first-order valence-corrected chi connectivity index (χ1v) is 11.8. The summed E-state index contributed by atoms with van der Waals surface area (Å²) in [5, 5.41) is 13.0. The Bertz CT molecular complexity index is 1370. The number of amides is 2. The molecule has 4 atom stereocenters. The van der Waals surface area contributed by atoms with E-state index in [1.165, 1.54) is 10.8 Å². The van der Waals surface area contributed by atoms with Gasteiger partial charge in [-0.2, -0.15) is 0 Å². The molecule has 1 spiro atoms. The number of aromatic hydroxyl groups is 1. The molecule has 10 heteroatoms. The van der Waals surface area contributed by atoms with E-state index in [4.69, 9.17) is 0 Å². The molecule has 4 aliphatic rings. The number of aromatic nitrogens is 1. The van der Waals surface area contributed by atoms with Crippen molar-refractivity contribution < 1.29 is 27.9 Å². The second-order valence-electron chi connectivity index (χ2n) is 10.5. The van der Waals surface area contributed by atoms with Gasteiger partial charge in [-0.15, -0.1) is 0 Å². The van der Waals surface area contributed by atoms with Crippen molar-refractivity contribution in [3.63, 3.8) is 0 Å². The van der Waals surface area contributed by atoms with Gasteiger partial charge in [-0.3, -0.25) is 14.4 Å². The van der Waals surface area contributed by atoms with Crippen molar-refractivity contribution in [2.24, 2.45) is 11.3 Å². The summed E-state index contributed by atoms with van der Waals surface area (Å²) in [6.45, 7) is 1.88. The zero-order valence-electron chi connectivity index (χ0n) is 19.0. The van der Waals surface area contributed by atoms with Crippen LogP contribution in [0.2, 0.25) is 0 Å². The number of nitrogens with one attached hydrogen (secondary N) is 1. The van der Waals surface area contributed by atoms with Crippen molar-refractivity contribution >= 4 is 11.8 Å². The van der Waals surface area contributed by atoms with Crippen molar-refractivity contribution in [2.75, 3.05) is 0 Å². The monoisotopic (exact) mass is 487 g/mol. The maximum absolute atomic E-state index is 13.9. The van der Waals surface area contributed by atoms with Gasteiger partial charge in [0.05, 0.1) is 5.54 Å². The van der Waals surface area contributed by atoms with E-state index in [-0.39, 0.29) is 22.7 Å². The van der Waals surface area contributed by atoms with Gasteiger partial charge in [-0.1, -0.05) is 12.5 Å². The maximum Gasteiger partial charge on any atom is 0.275 e. The molecule has 0 radical (unpaired) electrons. The Kier molecular flexibility index (Phi) is 4.51. The summed E-state index contributed by atoms with van der Waals surface area (Å²) in [5.41, 5.74) is -2.25. The molecule has 184 valence electrons. The fourth-order valence-electron chi connectivity index (χ4n) is 7.43. The Morgan fingerprint density at radius 1 is 1.17 bits per heavy atom. The lowest BCUT2D eigenvalue weighted by atomic mass is 9.55. The van der Waals surface area contributed by atoms with E-state index in [1.807, 2.05) is 11.8 Å². The molecular formula is C25H24F3N3O4. The third-order valence-corrected chi connectivity index (χ3v) is 8.96. The van der Waals surface area contributed by atoms with Crippen molar-refractivity contribution in [3.8, 4) is 5.75 Å². The molecule has 2 saturated carbocycles. The van der Waals surface area contributed by atoms with Gasteiger partial charge in [0.25, 0.3) is 11.8 Å². The first-order valence-electron chi connectivity index (χ1n) is 11.8. The second-order valence-corrected chi connectivity index (χ2v) is 10.5. The molecule has 7 nitrogen and oxygen atoms in total. The molecule has 2 aliphatic heterocycles. The first kappa shape index (κ1) is 22.2. The van der Waals surface area contributed by atoms with Crippen LogP contribution in [0.15, 0.2) is 23.1 Å². The summed E-state index contributed by atoms with van der Waals surface area (Å²) in [6, 6.07) is 1.82. The molecule has 1 aromatic carbocycles. The van der Waals surface area contributed by atoms with Crippen LogP contribution in [-0.4, -0.2) is 38.0 Å². The van der Waals surface area contributed by atoms with Crippen LogP contribution in [0, 0.1) is 28.8 Å². The number of hydrogen-bond acceptors (Lipinski definition) is 4. The van der Waals surface area contributed by atoms with E-state index < -0.39 is 58.1 Å². The summed E-state index contributed by atoms with van der Waals surface area (Å²) in [6.07, 6.45) is 6.35. The fraction of sp³-hybridized carbons (Fsp3) is 0.480. The second kappa shape index (κ2) is 7.11. The summed E-state index contributed by atoms with van der Waals surface area (Å²) >= 11 is 0. The van der Waals surface area contributed by atoms with Crippen LogP contribution in [-0.2, 0) is 13.1 Å². The molecule has 3 heterocycles. The minimum absolute atomic E-state index is 0.0935. The van der Waals surface area contributed by atoms with Gasteiger partial charge < -0.3 is 19.9 Å². The van der Waals surface area contributed by atoms with Crippen LogP contribution in [0.3, 0.4) is 0 Å². The molecule has 2 aromatic rings. The molecule has 0 bridgehead atoms. The number of rotatable bonds is 3. The average molecular weight is 487 g/mol. The lowest BCUT2D eigenvalue weighted by Gasteiger charge is -2.50. The van der Waals surface area contributed by atoms with Gasteiger partial charge in [0.2, 0.25) is 5.43 Å². The Labute approximate surface area is 198 Å². The molecular weight excluding hydrogens is 463 g/mol. The van der Waals surface area contributed by atoms with Gasteiger partial charge in [0, 0.05) is 30.9 Å². The summed E-state index contributed by atoms with van der Waals surface area (Å²) in [4.78, 5) is 41.2. The molecule has 2 N–H and O–H groups in total. The molecule has 3 fully saturated rings. The van der Waals surface area contributed by atoms with Gasteiger partial charge in [0.15, 0.2) is 28.9 Å². The number of carbonyl (C=O) groups excluding carboxylic acids is 2. The highest BCUT2D eigenvalue weighted by Gasteiger charge is 2.72. The van der Waals surface area contributed by atoms with E-state index in [0.29, 0.717) is 12.5 Å². The quantitative estimate of drug-likeness (QED) is 0.651. The number of carbonyl (C=O) groups is 2. The molecule has 2 aliphatic carbocycles. The number of pyridine rings is 1. The summed E-state index contributed by atoms with van der Waals surface area (Å²) in [7, 11) is 0. The van der Waals surface area contributed by atoms with E-state index in [1.54, 1.807) is 0 Å². The summed E-state index contributed by atoms with van der Waals surface area (Å²) in [5.74, 6) is -6.25. The highest BCUT2D eigenvalue weighted by atomic mass is 19.2. The van der Waals surface area contributed by atoms with Crippen LogP contribution in [0.1, 0.15) is 65.4 Å². The van der Waals surface area contributed by atoms with E-state index in [9.17, 15) is 32.7 Å². The molecule has 1 unspecified atom stereocenters. The predicted octanol–water partition coefficient (Wildman–Crippen LogP) is 3.08. The van der Waals surface area contributed by atoms with Crippen LogP contribution in [0.25, 0.3) is 0 Å². The van der Waals surface area contributed by atoms with Crippen LogP contribution < -0.4 is 10.7 Å². The zero-order chi connectivity index (χ0) is 24.9. The van der Waals surface area contributed by atoms with Crippen molar-refractivity contribution in [1.82, 2.24) is 14.8 Å². The highest BCUT2D eigenvalue weighted by molar-refractivity contribution is 6.00. The molecule has 2 amide bonds. The largest absolute Gasteiger partial charge is 0.503 e. The Balaban J connectivity index is 1.34. The molecule has 35 heavy (non-hydrogen) atoms. The number of benzene rings is 1. The van der Waals surface area contributed by atoms with E-state index in [2.05, 4.69) is 5.32 Å². The maximum atomic E-state index is 13.9. The Morgan fingerprint density at radius 2 is 1.94 bits per heavy atom. The zero-order valence-corrected chi connectivity index (χ0v) is 19.0. The minimum Gasteiger partial charge on any atom is -0.503 e. The summed E-state index contributed by atoms with van der Waals surface area (Å²) < 4.78 is 42.1. The topological polar surface area (TPSA) is 91.6 Å². The lowest BCUT2D eigenvalue weighted by Crippen LogP contribution is -2.58. The highest BCUT2D eigenvalue weighted by Crippen LogP contribution is 2.69. The number of halogens is 3. The smallest absolute Gasteiger partial charge is 0.275 e. The van der Waals surface area contributed by atoms with Crippen molar-refractivity contribution in [3.05, 3.63) is 62.8 Å². The van der Waals surface area contributed by atoms with Gasteiger partial charge in [-0.25, -0.2) is 13.2 Å². The molecule has 1 aromatic heterocycles. The van der Waals surface area contributed by atoms with Crippen LogP contribution >= 0.6 is 0 Å². The van der Waals surface area contributed by atoms with Crippen molar-refractivity contribution in [1.29, 1.82) is 0 Å². The number of hydrogen-bond donors (Lipinski definition) is 2. The number of fused-ring (bicyclic) bond motifs is 4. The lowest BCUT2D eigenvalue weighted by molar-refractivity contribution is 0.00966. The molecule has 1 saturated heterocycles. The SMILES string of the molecule is C[C@@]12Cn3cc(C(=O)NCc4ccc(F)c(F)c4F)c(=O)c(O)c3C(=O)N1[C@H]1CCCC13CC[C@H]32. The normalized spacial score (nSPS) is 30.3. The van der Waals surface area contributed by atoms with Crippen LogP contribution in [0.4, 0.5) is 13.2 Å². The number of nitrogens with zero attached hydrogens (tertiary/aromatic N) is 2. The Hall–Kier alpha value is -3.30. The predicted molar refractivity (Wildman–Crippen MR) is 117 cm³/mol. The van der Waals surface area contributed by atoms with E-state index >= 15 is 0 Å². The van der Waals surface area contributed by atoms with Gasteiger partial charge >= 0.3 is 0 Å². The van der Waals surface area contributed by atoms with Crippen LogP contribution in [0.5, 0.6) is 5.75 Å². The molecule has 6 rings (SSSR count). The van der Waals surface area contributed by atoms with Crippen molar-refractivity contribution in [2.45, 2.75) is 63.7 Å².